The third-order valence-corrected chi connectivity index (χ3v) is 4.46. The van der Waals surface area contributed by atoms with Crippen LogP contribution in [0.5, 0.6) is 0 Å². The number of nitrogens with zero attached hydrogens (tertiary/aromatic N) is 3. The number of hydrogen-bond donors (Lipinski definition) is 2. The van der Waals surface area contributed by atoms with Gasteiger partial charge in [0.1, 0.15) is 0 Å². The molecule has 6 nitrogen and oxygen atoms in total. The molecule has 1 atom stereocenters. The summed E-state index contributed by atoms with van der Waals surface area (Å²) in [6.07, 6.45) is -0.637. The quantitative estimate of drug-likeness (QED) is 0.312. The summed E-state index contributed by atoms with van der Waals surface area (Å²) in [4.78, 5) is 11.0. The van der Waals surface area contributed by atoms with E-state index in [-0.39, 0.29) is 37.1 Å². The standard InChI is InChI=1S/C19H28N4O2S.HI/c1-4-20-19(23(3)11-17-14-26-15(2)22-17)21-10-18(24)13-25-12-16-8-6-5-7-9-16;/h5-9,14,18,24H,4,10-13H2,1-3H3,(H,20,21);1H. The smallest absolute Gasteiger partial charge is 0.194 e. The summed E-state index contributed by atoms with van der Waals surface area (Å²) in [5.41, 5.74) is 2.11. The van der Waals surface area contributed by atoms with Crippen molar-refractivity contribution in [3.63, 3.8) is 0 Å². The summed E-state index contributed by atoms with van der Waals surface area (Å²) in [5.74, 6) is 0.750. The number of halogens is 1. The lowest BCUT2D eigenvalue weighted by Crippen LogP contribution is -2.39. The van der Waals surface area contributed by atoms with Gasteiger partial charge in [-0.05, 0) is 19.4 Å². The topological polar surface area (TPSA) is 70.0 Å². The number of aryl methyl sites for hydroxylation is 1. The molecule has 2 rings (SSSR count). The highest BCUT2D eigenvalue weighted by atomic mass is 127. The summed E-state index contributed by atoms with van der Waals surface area (Å²) >= 11 is 1.64. The molecule has 0 aliphatic rings. The maximum Gasteiger partial charge on any atom is 0.194 e. The molecule has 2 N–H and O–H groups in total. The Morgan fingerprint density at radius 2 is 2.11 bits per heavy atom. The van der Waals surface area contributed by atoms with E-state index in [9.17, 15) is 5.11 Å². The van der Waals surface area contributed by atoms with E-state index in [0.29, 0.717) is 13.2 Å². The summed E-state index contributed by atoms with van der Waals surface area (Å²) in [5, 5.41) is 16.5. The van der Waals surface area contributed by atoms with Crippen LogP contribution in [0.15, 0.2) is 40.7 Å². The number of aromatic nitrogens is 1. The second-order valence-corrected chi connectivity index (χ2v) is 7.13. The van der Waals surface area contributed by atoms with Gasteiger partial charge in [0, 0.05) is 19.0 Å². The molecule has 2 aromatic rings. The lowest BCUT2D eigenvalue weighted by molar-refractivity contribution is 0.0330. The van der Waals surface area contributed by atoms with Gasteiger partial charge in [-0.15, -0.1) is 35.3 Å². The zero-order valence-electron chi connectivity index (χ0n) is 16.1. The molecule has 27 heavy (non-hydrogen) atoms. The lowest BCUT2D eigenvalue weighted by atomic mass is 10.2. The molecule has 0 aliphatic carbocycles. The number of aliphatic hydroxyl groups excluding tert-OH is 1. The highest BCUT2D eigenvalue weighted by molar-refractivity contribution is 14.0. The number of benzene rings is 1. The monoisotopic (exact) mass is 504 g/mol. The average molecular weight is 504 g/mol. The number of nitrogens with one attached hydrogen (secondary N) is 1. The maximum atomic E-state index is 10.1. The van der Waals surface area contributed by atoms with Crippen LogP contribution in [0.3, 0.4) is 0 Å². The van der Waals surface area contributed by atoms with Crippen molar-refractivity contribution < 1.29 is 9.84 Å². The van der Waals surface area contributed by atoms with E-state index in [1.807, 2.05) is 56.1 Å². The molecule has 150 valence electrons. The second kappa shape index (κ2) is 13.0. The van der Waals surface area contributed by atoms with Gasteiger partial charge < -0.3 is 20.1 Å². The molecule has 1 aromatic carbocycles. The second-order valence-electron chi connectivity index (χ2n) is 6.06. The van der Waals surface area contributed by atoms with Gasteiger partial charge >= 0.3 is 0 Å². The van der Waals surface area contributed by atoms with Crippen molar-refractivity contribution in [1.29, 1.82) is 0 Å². The largest absolute Gasteiger partial charge is 0.389 e. The van der Waals surface area contributed by atoms with Gasteiger partial charge in [-0.25, -0.2) is 4.98 Å². The van der Waals surface area contributed by atoms with Crippen molar-refractivity contribution in [3.05, 3.63) is 52.0 Å². The van der Waals surface area contributed by atoms with Crippen LogP contribution in [0.4, 0.5) is 0 Å². The van der Waals surface area contributed by atoms with E-state index in [1.54, 1.807) is 11.3 Å². The van der Waals surface area contributed by atoms with Crippen LogP contribution in [0.1, 0.15) is 23.2 Å². The predicted molar refractivity (Wildman–Crippen MR) is 122 cm³/mol. The molecule has 0 saturated heterocycles. The molecule has 0 fully saturated rings. The molecule has 0 radical (unpaired) electrons. The Kier molecular flexibility index (Phi) is 11.5. The number of ether oxygens (including phenoxy) is 1. The summed E-state index contributed by atoms with van der Waals surface area (Å²) in [6, 6.07) is 9.92. The van der Waals surface area contributed by atoms with E-state index in [0.717, 1.165) is 28.8 Å². The average Bonchev–Trinajstić information content (AvgIpc) is 3.04. The minimum Gasteiger partial charge on any atom is -0.389 e. The van der Waals surface area contributed by atoms with Gasteiger partial charge in [-0.3, -0.25) is 4.99 Å². The molecule has 0 saturated carbocycles. The highest BCUT2D eigenvalue weighted by Gasteiger charge is 2.10. The minimum absolute atomic E-state index is 0. The van der Waals surface area contributed by atoms with E-state index in [2.05, 4.69) is 20.7 Å². The molecule has 1 aromatic heterocycles. The summed E-state index contributed by atoms with van der Waals surface area (Å²) < 4.78 is 5.57. The Morgan fingerprint density at radius 1 is 1.37 bits per heavy atom. The Bertz CT molecular complexity index is 681. The molecule has 0 amide bonds. The Morgan fingerprint density at radius 3 is 2.74 bits per heavy atom. The zero-order chi connectivity index (χ0) is 18.8. The number of guanidine groups is 1. The molecule has 1 heterocycles. The first kappa shape index (κ1) is 23.8. The zero-order valence-corrected chi connectivity index (χ0v) is 19.2. The molecule has 0 aliphatic heterocycles. The van der Waals surface area contributed by atoms with Crippen LogP contribution in [-0.4, -0.2) is 53.8 Å². The van der Waals surface area contributed by atoms with Gasteiger partial charge in [0.2, 0.25) is 0 Å². The highest BCUT2D eigenvalue weighted by Crippen LogP contribution is 2.10. The number of aliphatic hydroxyl groups is 1. The molecule has 0 spiro atoms. The van der Waals surface area contributed by atoms with Crippen molar-refractivity contribution in [2.45, 2.75) is 33.1 Å². The summed E-state index contributed by atoms with van der Waals surface area (Å²) in [7, 11) is 1.97. The number of rotatable bonds is 9. The van der Waals surface area contributed by atoms with Crippen LogP contribution in [0, 0.1) is 6.92 Å². The van der Waals surface area contributed by atoms with Gasteiger partial charge in [0.15, 0.2) is 5.96 Å². The van der Waals surface area contributed by atoms with Crippen molar-refractivity contribution in [2.24, 2.45) is 4.99 Å². The fraction of sp³-hybridized carbons (Fsp3) is 0.474. The third-order valence-electron chi connectivity index (χ3n) is 3.64. The van der Waals surface area contributed by atoms with E-state index >= 15 is 0 Å². The van der Waals surface area contributed by atoms with Crippen molar-refractivity contribution in [1.82, 2.24) is 15.2 Å². The van der Waals surface area contributed by atoms with Crippen LogP contribution in [-0.2, 0) is 17.9 Å². The maximum absolute atomic E-state index is 10.1. The summed E-state index contributed by atoms with van der Waals surface area (Å²) in [6.45, 7) is 6.50. The molecule has 0 bridgehead atoms. The van der Waals surface area contributed by atoms with Crippen molar-refractivity contribution >= 4 is 41.3 Å². The van der Waals surface area contributed by atoms with E-state index in [1.165, 1.54) is 0 Å². The first-order valence-electron chi connectivity index (χ1n) is 8.78. The lowest BCUT2D eigenvalue weighted by Gasteiger charge is -2.21. The Hall–Kier alpha value is -1.23. The van der Waals surface area contributed by atoms with E-state index < -0.39 is 6.10 Å². The first-order valence-corrected chi connectivity index (χ1v) is 9.66. The molecule has 8 heteroatoms. The molecular weight excluding hydrogens is 475 g/mol. The number of aliphatic imine (C=N–C) groups is 1. The minimum atomic E-state index is -0.637. The number of thiazole rings is 1. The van der Waals surface area contributed by atoms with Crippen LogP contribution < -0.4 is 5.32 Å². The predicted octanol–water partition coefficient (Wildman–Crippen LogP) is 3.04. The van der Waals surface area contributed by atoms with Crippen LogP contribution in [0.2, 0.25) is 0 Å². The van der Waals surface area contributed by atoms with Crippen molar-refractivity contribution in [3.8, 4) is 0 Å². The van der Waals surface area contributed by atoms with Gasteiger partial charge in [-0.2, -0.15) is 0 Å². The Balaban J connectivity index is 0.00000364. The fourth-order valence-electron chi connectivity index (χ4n) is 2.40. The molecular formula is C19H29IN4O2S. The number of hydrogen-bond acceptors (Lipinski definition) is 5. The van der Waals surface area contributed by atoms with Gasteiger partial charge in [0.05, 0.1) is 43.1 Å². The van der Waals surface area contributed by atoms with Crippen LogP contribution in [0.25, 0.3) is 0 Å². The van der Waals surface area contributed by atoms with Gasteiger partial charge in [0.25, 0.3) is 0 Å². The SMILES string of the molecule is CCNC(=NCC(O)COCc1ccccc1)N(C)Cc1csc(C)n1.I. The normalized spacial score (nSPS) is 12.4. The Labute approximate surface area is 182 Å². The third kappa shape index (κ3) is 9.00. The van der Waals surface area contributed by atoms with Gasteiger partial charge in [-0.1, -0.05) is 30.3 Å². The fourth-order valence-corrected chi connectivity index (χ4v) is 3.00. The van der Waals surface area contributed by atoms with E-state index in [4.69, 9.17) is 4.74 Å². The van der Waals surface area contributed by atoms with Crippen LogP contribution >= 0.6 is 35.3 Å². The van der Waals surface area contributed by atoms with Crippen molar-refractivity contribution in [2.75, 3.05) is 26.7 Å². The molecule has 1 unspecified atom stereocenters. The first-order chi connectivity index (χ1) is 12.6.